The lowest BCUT2D eigenvalue weighted by atomic mass is 9.94. The number of carbonyl (C=O) groups excluding carboxylic acids is 3. The van der Waals surface area contributed by atoms with Crippen molar-refractivity contribution in [3.63, 3.8) is 0 Å². The fraction of sp³-hybridized carbons (Fsp3) is 0.609. The Balaban J connectivity index is 1.26. The minimum Gasteiger partial charge on any atom is -0.372 e. The number of ether oxygens (including phenoxy) is 1. The van der Waals surface area contributed by atoms with Crippen LogP contribution in [0.2, 0.25) is 0 Å². The number of rotatable bonds is 4. The molecule has 2 atom stereocenters. The monoisotopic (exact) mass is 428 g/mol. The molecule has 168 valence electrons. The van der Waals surface area contributed by atoms with Crippen molar-refractivity contribution < 1.29 is 19.1 Å². The van der Waals surface area contributed by atoms with Gasteiger partial charge in [0.25, 0.3) is 5.91 Å². The highest BCUT2D eigenvalue weighted by molar-refractivity contribution is 5.95. The summed E-state index contributed by atoms with van der Waals surface area (Å²) in [5.74, 6) is 0.126. The molecule has 2 N–H and O–H groups in total. The lowest BCUT2D eigenvalue weighted by molar-refractivity contribution is -0.148. The Kier molecular flexibility index (Phi) is 6.46. The summed E-state index contributed by atoms with van der Waals surface area (Å²) in [7, 11) is 0. The van der Waals surface area contributed by atoms with Gasteiger partial charge in [0.1, 0.15) is 0 Å². The number of nitrogens with zero attached hydrogens (tertiary/aromatic N) is 2. The van der Waals surface area contributed by atoms with Crippen molar-refractivity contribution >= 4 is 23.5 Å². The zero-order chi connectivity index (χ0) is 22.0. The molecule has 2 heterocycles. The molecule has 1 saturated carbocycles. The number of benzene rings is 1. The van der Waals surface area contributed by atoms with Crippen LogP contribution in [0.4, 0.5) is 10.5 Å². The van der Waals surface area contributed by atoms with Crippen LogP contribution in [0.3, 0.4) is 0 Å². The number of nitrogens with one attached hydrogen (secondary N) is 2. The molecule has 2 saturated heterocycles. The Bertz CT molecular complexity index is 805. The lowest BCUT2D eigenvalue weighted by Crippen LogP contribution is -2.51. The van der Waals surface area contributed by atoms with Crippen LogP contribution in [0.15, 0.2) is 24.3 Å². The number of likely N-dealkylation sites (tertiary alicyclic amines) is 1. The molecule has 8 heteroatoms. The topological polar surface area (TPSA) is 91.0 Å². The van der Waals surface area contributed by atoms with Gasteiger partial charge in [-0.05, 0) is 63.8 Å². The Labute approximate surface area is 183 Å². The molecular weight excluding hydrogens is 396 g/mol. The SMILES string of the molecule is CC1CN(C(=O)C2CCN(C(=O)c3ccc(NC(=O)NC4CC4)cc3)CC2)CC(C)O1. The molecule has 2 unspecified atom stereocenters. The third-order valence-electron chi connectivity index (χ3n) is 6.16. The molecule has 0 radical (unpaired) electrons. The molecule has 0 bridgehead atoms. The molecule has 1 aromatic carbocycles. The van der Waals surface area contributed by atoms with Gasteiger partial charge in [-0.2, -0.15) is 0 Å². The van der Waals surface area contributed by atoms with Crippen molar-refractivity contribution in [2.24, 2.45) is 5.92 Å². The zero-order valence-electron chi connectivity index (χ0n) is 18.3. The summed E-state index contributed by atoms with van der Waals surface area (Å²) < 4.78 is 5.73. The van der Waals surface area contributed by atoms with Crippen molar-refractivity contribution in [2.75, 3.05) is 31.5 Å². The highest BCUT2D eigenvalue weighted by Crippen LogP contribution is 2.24. The average Bonchev–Trinajstić information content (AvgIpc) is 3.56. The molecule has 3 aliphatic rings. The second-order valence-electron chi connectivity index (χ2n) is 9.02. The molecule has 2 aliphatic heterocycles. The van der Waals surface area contributed by atoms with Crippen molar-refractivity contribution in [2.45, 2.75) is 57.8 Å². The predicted molar refractivity (Wildman–Crippen MR) is 117 cm³/mol. The van der Waals surface area contributed by atoms with Crippen LogP contribution >= 0.6 is 0 Å². The summed E-state index contributed by atoms with van der Waals surface area (Å²) in [6.07, 6.45) is 3.57. The van der Waals surface area contributed by atoms with Gasteiger partial charge in [-0.15, -0.1) is 0 Å². The van der Waals surface area contributed by atoms with Gasteiger partial charge in [0.15, 0.2) is 0 Å². The molecule has 0 spiro atoms. The number of hydrogen-bond donors (Lipinski definition) is 2. The summed E-state index contributed by atoms with van der Waals surface area (Å²) in [6.45, 7) is 6.43. The maximum atomic E-state index is 12.9. The standard InChI is InChI=1S/C23H32N4O4/c1-15-13-27(14-16(2)31-15)22(29)18-9-11-26(12-10-18)21(28)17-3-5-19(6-4-17)24-23(30)25-20-7-8-20/h3-6,15-16,18,20H,7-14H2,1-2H3,(H2,24,25,30). The predicted octanol–water partition coefficient (Wildman–Crippen LogP) is 2.46. The molecule has 4 rings (SSSR count). The first kappa shape index (κ1) is 21.6. The highest BCUT2D eigenvalue weighted by atomic mass is 16.5. The van der Waals surface area contributed by atoms with Crippen molar-refractivity contribution in [3.8, 4) is 0 Å². The van der Waals surface area contributed by atoms with Gasteiger partial charge >= 0.3 is 6.03 Å². The number of amides is 4. The summed E-state index contributed by atoms with van der Waals surface area (Å²) in [6, 6.07) is 7.06. The van der Waals surface area contributed by atoms with Crippen LogP contribution < -0.4 is 10.6 Å². The molecule has 3 fully saturated rings. The molecular formula is C23H32N4O4. The average molecular weight is 429 g/mol. The highest BCUT2D eigenvalue weighted by Gasteiger charge is 2.33. The van der Waals surface area contributed by atoms with E-state index >= 15 is 0 Å². The van der Waals surface area contributed by atoms with Crippen molar-refractivity contribution in [1.82, 2.24) is 15.1 Å². The van der Waals surface area contributed by atoms with Crippen LogP contribution in [-0.4, -0.2) is 72.1 Å². The van der Waals surface area contributed by atoms with Gasteiger partial charge in [-0.1, -0.05) is 0 Å². The fourth-order valence-electron chi connectivity index (χ4n) is 4.40. The van der Waals surface area contributed by atoms with E-state index < -0.39 is 0 Å². The third-order valence-corrected chi connectivity index (χ3v) is 6.16. The van der Waals surface area contributed by atoms with E-state index in [2.05, 4.69) is 10.6 Å². The van der Waals surface area contributed by atoms with Crippen LogP contribution in [0.5, 0.6) is 0 Å². The number of anilines is 1. The normalized spacial score (nSPS) is 24.6. The molecule has 0 aromatic heterocycles. The largest absolute Gasteiger partial charge is 0.372 e. The first-order chi connectivity index (χ1) is 14.9. The smallest absolute Gasteiger partial charge is 0.319 e. The van der Waals surface area contributed by atoms with E-state index in [4.69, 9.17) is 4.74 Å². The van der Waals surface area contributed by atoms with Gasteiger partial charge < -0.3 is 25.2 Å². The van der Waals surface area contributed by atoms with Gasteiger partial charge in [-0.3, -0.25) is 9.59 Å². The summed E-state index contributed by atoms with van der Waals surface area (Å²) in [5, 5.41) is 5.66. The summed E-state index contributed by atoms with van der Waals surface area (Å²) >= 11 is 0. The van der Waals surface area contributed by atoms with E-state index in [0.717, 1.165) is 12.8 Å². The zero-order valence-corrected chi connectivity index (χ0v) is 18.3. The number of morpholine rings is 1. The van der Waals surface area contributed by atoms with Crippen molar-refractivity contribution in [1.29, 1.82) is 0 Å². The summed E-state index contributed by atoms with van der Waals surface area (Å²) in [5.41, 5.74) is 1.25. The van der Waals surface area contributed by atoms with Crippen LogP contribution in [-0.2, 0) is 9.53 Å². The number of urea groups is 1. The van der Waals surface area contributed by atoms with E-state index in [-0.39, 0.29) is 36.0 Å². The lowest BCUT2D eigenvalue weighted by Gasteiger charge is -2.39. The number of carbonyl (C=O) groups is 3. The van der Waals surface area contributed by atoms with E-state index in [1.807, 2.05) is 23.6 Å². The molecule has 4 amide bonds. The van der Waals surface area contributed by atoms with Gasteiger partial charge in [-0.25, -0.2) is 4.79 Å². The molecule has 1 aromatic rings. The fourth-order valence-corrected chi connectivity index (χ4v) is 4.40. The molecule has 31 heavy (non-hydrogen) atoms. The Morgan fingerprint density at radius 2 is 1.52 bits per heavy atom. The van der Waals surface area contributed by atoms with Crippen LogP contribution in [0, 0.1) is 5.92 Å². The van der Waals surface area contributed by atoms with Crippen LogP contribution in [0.25, 0.3) is 0 Å². The first-order valence-electron chi connectivity index (χ1n) is 11.3. The molecule has 1 aliphatic carbocycles. The maximum Gasteiger partial charge on any atom is 0.319 e. The van der Waals surface area contributed by atoms with Gasteiger partial charge in [0.05, 0.1) is 12.2 Å². The molecule has 8 nitrogen and oxygen atoms in total. The van der Waals surface area contributed by atoms with E-state index in [9.17, 15) is 14.4 Å². The number of piperidine rings is 1. The quantitative estimate of drug-likeness (QED) is 0.771. The van der Waals surface area contributed by atoms with Gasteiger partial charge in [0.2, 0.25) is 5.91 Å². The Morgan fingerprint density at radius 1 is 0.903 bits per heavy atom. The van der Waals surface area contributed by atoms with Crippen LogP contribution in [0.1, 0.15) is 49.9 Å². The second kappa shape index (κ2) is 9.26. The van der Waals surface area contributed by atoms with Crippen molar-refractivity contribution in [3.05, 3.63) is 29.8 Å². The minimum atomic E-state index is -0.211. The maximum absolute atomic E-state index is 12.9. The minimum absolute atomic E-state index is 0.0295. The first-order valence-corrected chi connectivity index (χ1v) is 11.3. The second-order valence-corrected chi connectivity index (χ2v) is 9.02. The number of hydrogen-bond acceptors (Lipinski definition) is 4. The third kappa shape index (κ3) is 5.55. The van der Waals surface area contributed by atoms with E-state index in [1.54, 1.807) is 24.3 Å². The Hall–Kier alpha value is -2.61. The summed E-state index contributed by atoms with van der Waals surface area (Å²) in [4.78, 5) is 41.3. The van der Waals surface area contributed by atoms with E-state index in [0.29, 0.717) is 56.3 Å². The van der Waals surface area contributed by atoms with E-state index in [1.165, 1.54) is 0 Å². The van der Waals surface area contributed by atoms with Gasteiger partial charge in [0, 0.05) is 49.4 Å². The Morgan fingerprint density at radius 3 is 2.10 bits per heavy atom.